The van der Waals surface area contributed by atoms with Crippen molar-refractivity contribution in [2.24, 2.45) is 5.41 Å². The minimum absolute atomic E-state index is 0.00579. The molecular formula is C34H51N5O7S. The van der Waals surface area contributed by atoms with E-state index in [2.05, 4.69) is 20.9 Å². The molecule has 4 N–H and O–H groups in total. The van der Waals surface area contributed by atoms with Crippen LogP contribution in [0.4, 0.5) is 0 Å². The molecule has 2 aliphatic rings. The Bertz CT molecular complexity index is 1310. The van der Waals surface area contributed by atoms with Crippen molar-refractivity contribution in [3.05, 3.63) is 41.0 Å². The van der Waals surface area contributed by atoms with E-state index in [4.69, 9.17) is 14.2 Å². The van der Waals surface area contributed by atoms with Gasteiger partial charge in [0.2, 0.25) is 17.7 Å². The first-order valence-corrected chi connectivity index (χ1v) is 17.4. The molecule has 1 unspecified atom stereocenters. The second-order valence-corrected chi connectivity index (χ2v) is 14.2. The molecule has 2 saturated heterocycles. The van der Waals surface area contributed by atoms with Crippen LogP contribution < -0.4 is 16.0 Å². The van der Waals surface area contributed by atoms with Crippen LogP contribution in [-0.2, 0) is 28.6 Å². The Morgan fingerprint density at radius 3 is 2.40 bits per heavy atom. The number of β-amino-alcohol motifs (C(OH)–C–C–N with tert-alkyl or cyclic N) is 1. The molecule has 2 fully saturated rings. The molecule has 2 aliphatic heterocycles. The van der Waals surface area contributed by atoms with E-state index in [1.807, 2.05) is 64.4 Å². The lowest BCUT2D eigenvalue weighted by molar-refractivity contribution is -0.144. The third kappa shape index (κ3) is 10.8. The molecule has 2 aromatic rings. The summed E-state index contributed by atoms with van der Waals surface area (Å²) >= 11 is 1.58. The van der Waals surface area contributed by atoms with E-state index >= 15 is 0 Å². The lowest BCUT2D eigenvalue weighted by Crippen LogP contribution is -2.58. The number of benzene rings is 1. The highest BCUT2D eigenvalue weighted by molar-refractivity contribution is 7.13. The molecule has 260 valence electrons. The largest absolute Gasteiger partial charge is 0.391 e. The maximum Gasteiger partial charge on any atom is 0.246 e. The molecule has 0 bridgehead atoms. The third-order valence-electron chi connectivity index (χ3n) is 8.53. The van der Waals surface area contributed by atoms with Crippen LogP contribution in [0.1, 0.15) is 64.3 Å². The van der Waals surface area contributed by atoms with Gasteiger partial charge in [0.1, 0.15) is 18.7 Å². The highest BCUT2D eigenvalue weighted by Gasteiger charge is 2.44. The Kier molecular flexibility index (Phi) is 13.7. The van der Waals surface area contributed by atoms with Crippen molar-refractivity contribution in [2.45, 2.75) is 84.2 Å². The van der Waals surface area contributed by atoms with Crippen molar-refractivity contribution >= 4 is 29.1 Å². The van der Waals surface area contributed by atoms with E-state index in [1.54, 1.807) is 11.3 Å². The van der Waals surface area contributed by atoms with Crippen molar-refractivity contribution < 1.29 is 33.7 Å². The number of hydrogen-bond acceptors (Lipinski definition) is 10. The Morgan fingerprint density at radius 2 is 1.74 bits per heavy atom. The summed E-state index contributed by atoms with van der Waals surface area (Å²) in [5.74, 6) is -1.22. The van der Waals surface area contributed by atoms with Gasteiger partial charge in [-0.3, -0.25) is 14.4 Å². The van der Waals surface area contributed by atoms with Gasteiger partial charge in [-0.05, 0) is 56.3 Å². The number of nitrogens with zero attached hydrogens (tertiary/aromatic N) is 2. The van der Waals surface area contributed by atoms with Gasteiger partial charge in [-0.25, -0.2) is 4.98 Å². The zero-order chi connectivity index (χ0) is 34.0. The number of piperidine rings is 1. The van der Waals surface area contributed by atoms with Gasteiger partial charge in [-0.1, -0.05) is 45.0 Å². The third-order valence-corrected chi connectivity index (χ3v) is 9.51. The van der Waals surface area contributed by atoms with Crippen LogP contribution in [0.25, 0.3) is 10.4 Å². The number of ether oxygens (including phenoxy) is 3. The topological polar surface area (TPSA) is 151 Å². The number of thiazole rings is 1. The summed E-state index contributed by atoms with van der Waals surface area (Å²) < 4.78 is 16.8. The molecule has 1 aromatic heterocycles. The molecular weight excluding hydrogens is 622 g/mol. The van der Waals surface area contributed by atoms with Crippen LogP contribution in [0.2, 0.25) is 0 Å². The number of aliphatic hydroxyl groups is 1. The summed E-state index contributed by atoms with van der Waals surface area (Å²) in [7, 11) is 0. The second kappa shape index (κ2) is 17.5. The predicted molar refractivity (Wildman–Crippen MR) is 180 cm³/mol. The minimum Gasteiger partial charge on any atom is -0.391 e. The SMILES string of the molecule is Cc1ncsc1-c1ccc([C@H](C)NC(=O)[C@@H]2C[C@@H](O)CN2C(=O)C(NC(=O)COCCOCCOC2CCNCC2)C(C)(C)C)cc1. The zero-order valence-electron chi connectivity index (χ0n) is 28.3. The summed E-state index contributed by atoms with van der Waals surface area (Å²) in [6.07, 6.45) is 1.55. The Balaban J connectivity index is 1.25. The van der Waals surface area contributed by atoms with Gasteiger partial charge in [0.15, 0.2) is 0 Å². The van der Waals surface area contributed by atoms with Gasteiger partial charge < -0.3 is 40.2 Å². The number of carbonyl (C=O) groups excluding carboxylic acids is 3. The molecule has 0 saturated carbocycles. The van der Waals surface area contributed by atoms with E-state index < -0.39 is 35.4 Å². The fraction of sp³-hybridized carbons (Fsp3) is 0.647. The summed E-state index contributed by atoms with van der Waals surface area (Å²) in [4.78, 5) is 47.0. The molecule has 12 nitrogen and oxygen atoms in total. The van der Waals surface area contributed by atoms with E-state index in [0.717, 1.165) is 47.6 Å². The van der Waals surface area contributed by atoms with E-state index in [0.29, 0.717) is 19.8 Å². The maximum atomic E-state index is 13.9. The number of amides is 3. The summed E-state index contributed by atoms with van der Waals surface area (Å²) in [5.41, 5.74) is 4.10. The molecule has 0 spiro atoms. The van der Waals surface area contributed by atoms with Crippen LogP contribution in [-0.4, -0.2) is 110 Å². The van der Waals surface area contributed by atoms with Gasteiger partial charge in [0.25, 0.3) is 0 Å². The average Bonchev–Trinajstić information content (AvgIpc) is 3.66. The first-order valence-electron chi connectivity index (χ1n) is 16.5. The molecule has 0 radical (unpaired) electrons. The van der Waals surface area contributed by atoms with Crippen molar-refractivity contribution in [2.75, 3.05) is 52.7 Å². The fourth-order valence-electron chi connectivity index (χ4n) is 5.84. The number of aromatic nitrogens is 1. The highest BCUT2D eigenvalue weighted by atomic mass is 32.1. The lowest BCUT2D eigenvalue weighted by atomic mass is 9.85. The van der Waals surface area contributed by atoms with Crippen LogP contribution >= 0.6 is 11.3 Å². The molecule has 3 amide bonds. The van der Waals surface area contributed by atoms with Crippen LogP contribution in [0, 0.1) is 12.3 Å². The van der Waals surface area contributed by atoms with Gasteiger partial charge in [-0.2, -0.15) is 0 Å². The smallest absolute Gasteiger partial charge is 0.246 e. The van der Waals surface area contributed by atoms with Crippen molar-refractivity contribution in [1.29, 1.82) is 0 Å². The number of hydrogen-bond donors (Lipinski definition) is 4. The molecule has 13 heteroatoms. The van der Waals surface area contributed by atoms with Crippen molar-refractivity contribution in [3.63, 3.8) is 0 Å². The number of carbonyl (C=O) groups is 3. The average molecular weight is 674 g/mol. The number of likely N-dealkylation sites (tertiary alicyclic amines) is 1. The highest BCUT2D eigenvalue weighted by Crippen LogP contribution is 2.29. The first kappa shape index (κ1) is 36.9. The van der Waals surface area contributed by atoms with E-state index in [-0.39, 0.29) is 44.2 Å². The number of nitrogens with one attached hydrogen (secondary N) is 3. The maximum absolute atomic E-state index is 13.9. The number of aliphatic hydroxyl groups excluding tert-OH is 1. The Labute approximate surface area is 281 Å². The van der Waals surface area contributed by atoms with E-state index in [1.165, 1.54) is 4.90 Å². The lowest BCUT2D eigenvalue weighted by Gasteiger charge is -2.35. The molecule has 0 aliphatic carbocycles. The summed E-state index contributed by atoms with van der Waals surface area (Å²) in [6.45, 7) is 12.6. The van der Waals surface area contributed by atoms with E-state index in [9.17, 15) is 19.5 Å². The van der Waals surface area contributed by atoms with Gasteiger partial charge >= 0.3 is 0 Å². The fourth-order valence-corrected chi connectivity index (χ4v) is 6.65. The second-order valence-electron chi connectivity index (χ2n) is 13.4. The summed E-state index contributed by atoms with van der Waals surface area (Å²) in [5, 5.41) is 19.6. The molecule has 4 rings (SSSR count). The summed E-state index contributed by atoms with van der Waals surface area (Å²) in [6, 6.07) is 5.83. The van der Waals surface area contributed by atoms with Gasteiger partial charge in [-0.15, -0.1) is 11.3 Å². The quantitative estimate of drug-likeness (QED) is 0.209. The predicted octanol–water partition coefficient (Wildman–Crippen LogP) is 2.59. The molecule has 4 atom stereocenters. The standard InChI is InChI=1S/C34H51N5O7S/c1-22(24-6-8-25(9-7-24)30-23(2)36-21-47-30)37-32(42)28-18-26(40)19-39(28)33(43)31(34(3,4)5)38-29(41)20-45-15-14-44-16-17-46-27-10-12-35-13-11-27/h6-9,21-22,26-28,31,35,40H,10-20H2,1-5H3,(H,37,42)(H,38,41)/t22-,26+,28-,31?/m0/s1. The monoisotopic (exact) mass is 673 g/mol. The zero-order valence-corrected chi connectivity index (χ0v) is 29.1. The first-order chi connectivity index (χ1) is 22.4. The Hall–Kier alpha value is -2.94. The molecule has 47 heavy (non-hydrogen) atoms. The number of rotatable bonds is 15. The minimum atomic E-state index is -0.928. The molecule has 1 aromatic carbocycles. The molecule has 3 heterocycles. The van der Waals surface area contributed by atoms with Crippen LogP contribution in [0.15, 0.2) is 29.8 Å². The van der Waals surface area contributed by atoms with Gasteiger partial charge in [0, 0.05) is 13.0 Å². The normalized spacial score (nSPS) is 20.2. The van der Waals surface area contributed by atoms with Crippen LogP contribution in [0.5, 0.6) is 0 Å². The Morgan fingerprint density at radius 1 is 1.06 bits per heavy atom. The van der Waals surface area contributed by atoms with Crippen LogP contribution in [0.3, 0.4) is 0 Å². The van der Waals surface area contributed by atoms with Gasteiger partial charge in [0.05, 0.1) is 60.8 Å². The van der Waals surface area contributed by atoms with Crippen molar-refractivity contribution in [3.8, 4) is 10.4 Å². The van der Waals surface area contributed by atoms with Crippen molar-refractivity contribution in [1.82, 2.24) is 25.8 Å². The number of aryl methyl sites for hydroxylation is 1.